The molecule has 0 radical (unpaired) electrons. The molecule has 2 N–H and O–H groups in total. The van der Waals surface area contributed by atoms with Gasteiger partial charge in [0.15, 0.2) is 0 Å². The first-order valence-corrected chi connectivity index (χ1v) is 6.22. The maximum atomic E-state index is 13.7. The molecule has 104 valence electrons. The molecule has 0 unspecified atom stereocenters. The fourth-order valence-electron chi connectivity index (χ4n) is 2.16. The molecule has 19 heavy (non-hydrogen) atoms. The molecule has 0 atom stereocenters. The fraction of sp³-hybridized carbons (Fsp3) is 0.462. The van der Waals surface area contributed by atoms with E-state index < -0.39 is 23.2 Å². The normalized spacial score (nSPS) is 16.5. The van der Waals surface area contributed by atoms with Crippen LogP contribution in [0.4, 0.5) is 8.78 Å². The van der Waals surface area contributed by atoms with Gasteiger partial charge in [-0.3, -0.25) is 0 Å². The summed E-state index contributed by atoms with van der Waals surface area (Å²) in [6.45, 7) is 4.21. The highest BCUT2D eigenvalue weighted by molar-refractivity contribution is 5.88. The first-order chi connectivity index (χ1) is 9.08. The number of nitrogens with one attached hydrogen (secondary N) is 1. The summed E-state index contributed by atoms with van der Waals surface area (Å²) in [5, 5.41) is 11.9. The zero-order valence-electron chi connectivity index (χ0n) is 10.5. The monoisotopic (exact) mass is 270 g/mol. The van der Waals surface area contributed by atoms with Crippen LogP contribution < -0.4 is 5.32 Å². The highest BCUT2D eigenvalue weighted by Gasteiger charge is 2.16. The number of nitrogens with zero attached hydrogens (tertiary/aromatic N) is 1. The molecule has 0 spiro atoms. The SMILES string of the molecule is O=C(O)c1cc(F)c(CCN2CCNCC2)cc1F. The Balaban J connectivity index is 2.04. The summed E-state index contributed by atoms with van der Waals surface area (Å²) < 4.78 is 27.2. The average molecular weight is 270 g/mol. The van der Waals surface area contributed by atoms with Gasteiger partial charge in [0.05, 0.1) is 5.56 Å². The summed E-state index contributed by atoms with van der Waals surface area (Å²) >= 11 is 0. The third-order valence-corrected chi connectivity index (χ3v) is 3.27. The quantitative estimate of drug-likeness (QED) is 0.860. The van der Waals surface area contributed by atoms with Crippen molar-refractivity contribution in [2.75, 3.05) is 32.7 Å². The Bertz CT molecular complexity index is 474. The number of carboxylic acid groups (broad SMARTS) is 1. The van der Waals surface area contributed by atoms with Gasteiger partial charge in [0, 0.05) is 32.7 Å². The van der Waals surface area contributed by atoms with E-state index in [0.717, 1.165) is 38.3 Å². The number of rotatable bonds is 4. The lowest BCUT2D eigenvalue weighted by Crippen LogP contribution is -2.44. The van der Waals surface area contributed by atoms with Gasteiger partial charge in [-0.1, -0.05) is 0 Å². The van der Waals surface area contributed by atoms with Crippen LogP contribution in [0.5, 0.6) is 0 Å². The van der Waals surface area contributed by atoms with E-state index in [1.165, 1.54) is 0 Å². The van der Waals surface area contributed by atoms with E-state index in [4.69, 9.17) is 5.11 Å². The Morgan fingerprint density at radius 2 is 1.95 bits per heavy atom. The molecule has 1 aromatic carbocycles. The summed E-state index contributed by atoms with van der Waals surface area (Å²) in [7, 11) is 0. The lowest BCUT2D eigenvalue weighted by molar-refractivity contribution is 0.0691. The Morgan fingerprint density at radius 3 is 2.58 bits per heavy atom. The molecule has 2 rings (SSSR count). The summed E-state index contributed by atoms with van der Waals surface area (Å²) in [4.78, 5) is 12.8. The molecule has 1 fully saturated rings. The standard InChI is InChI=1S/C13H16F2N2O2/c14-11-8-10(13(18)19)12(15)7-9(11)1-4-17-5-2-16-3-6-17/h7-8,16H,1-6H2,(H,18,19). The van der Waals surface area contributed by atoms with Crippen LogP contribution >= 0.6 is 0 Å². The Hall–Kier alpha value is -1.53. The Morgan fingerprint density at radius 1 is 1.26 bits per heavy atom. The van der Waals surface area contributed by atoms with Gasteiger partial charge in [-0.2, -0.15) is 0 Å². The van der Waals surface area contributed by atoms with Crippen molar-refractivity contribution >= 4 is 5.97 Å². The van der Waals surface area contributed by atoms with Crippen LogP contribution in [0.3, 0.4) is 0 Å². The van der Waals surface area contributed by atoms with E-state index in [-0.39, 0.29) is 5.56 Å². The Labute approximate surface area is 110 Å². The smallest absolute Gasteiger partial charge is 0.338 e. The van der Waals surface area contributed by atoms with Crippen LogP contribution in [0.15, 0.2) is 12.1 Å². The largest absolute Gasteiger partial charge is 0.478 e. The van der Waals surface area contributed by atoms with Crippen molar-refractivity contribution < 1.29 is 18.7 Å². The van der Waals surface area contributed by atoms with E-state index >= 15 is 0 Å². The highest BCUT2D eigenvalue weighted by atomic mass is 19.1. The van der Waals surface area contributed by atoms with Crippen LogP contribution in [0.1, 0.15) is 15.9 Å². The molecule has 0 aliphatic carbocycles. The molecule has 6 heteroatoms. The maximum absolute atomic E-state index is 13.7. The number of halogens is 2. The highest BCUT2D eigenvalue weighted by Crippen LogP contribution is 2.16. The predicted molar refractivity (Wildman–Crippen MR) is 66.3 cm³/mol. The van der Waals surface area contributed by atoms with Gasteiger partial charge in [-0.15, -0.1) is 0 Å². The van der Waals surface area contributed by atoms with Crippen molar-refractivity contribution in [1.29, 1.82) is 0 Å². The summed E-state index contributed by atoms with van der Waals surface area (Å²) in [5.41, 5.74) is -0.399. The molecule has 1 aliphatic heterocycles. The summed E-state index contributed by atoms with van der Waals surface area (Å²) in [6.07, 6.45) is 0.378. The fourth-order valence-corrected chi connectivity index (χ4v) is 2.16. The third-order valence-electron chi connectivity index (χ3n) is 3.27. The second-order valence-corrected chi connectivity index (χ2v) is 4.57. The predicted octanol–water partition coefficient (Wildman–Crippen LogP) is 1.11. The first kappa shape index (κ1) is 13.9. The van der Waals surface area contributed by atoms with Gasteiger partial charge >= 0.3 is 5.97 Å². The zero-order chi connectivity index (χ0) is 13.8. The van der Waals surface area contributed by atoms with E-state index in [1.54, 1.807) is 0 Å². The van der Waals surface area contributed by atoms with Gasteiger partial charge in [0.2, 0.25) is 0 Å². The van der Waals surface area contributed by atoms with E-state index in [1.807, 2.05) is 0 Å². The maximum Gasteiger partial charge on any atom is 0.338 e. The van der Waals surface area contributed by atoms with Gasteiger partial charge in [-0.25, -0.2) is 13.6 Å². The lowest BCUT2D eigenvalue weighted by atomic mass is 10.1. The van der Waals surface area contributed by atoms with Crippen LogP contribution in [0, 0.1) is 11.6 Å². The number of aromatic carboxylic acids is 1. The molecule has 1 aromatic rings. The second-order valence-electron chi connectivity index (χ2n) is 4.57. The minimum Gasteiger partial charge on any atom is -0.478 e. The van der Waals surface area contributed by atoms with Crippen molar-refractivity contribution in [1.82, 2.24) is 10.2 Å². The molecule has 1 saturated heterocycles. The first-order valence-electron chi connectivity index (χ1n) is 6.22. The van der Waals surface area contributed by atoms with E-state index in [0.29, 0.717) is 13.0 Å². The van der Waals surface area contributed by atoms with Crippen molar-refractivity contribution in [3.63, 3.8) is 0 Å². The van der Waals surface area contributed by atoms with Crippen molar-refractivity contribution in [2.45, 2.75) is 6.42 Å². The van der Waals surface area contributed by atoms with Crippen molar-refractivity contribution in [3.05, 3.63) is 34.9 Å². The molecule has 0 bridgehead atoms. The minimum atomic E-state index is -1.45. The van der Waals surface area contributed by atoms with Crippen LogP contribution in [-0.4, -0.2) is 48.7 Å². The minimum absolute atomic E-state index is 0.223. The Kier molecular flexibility index (Phi) is 4.44. The second kappa shape index (κ2) is 6.08. The van der Waals surface area contributed by atoms with Crippen molar-refractivity contribution in [2.24, 2.45) is 0 Å². The summed E-state index contributed by atoms with van der Waals surface area (Å²) in [5.74, 6) is -3.00. The topological polar surface area (TPSA) is 52.6 Å². The molecule has 1 heterocycles. The van der Waals surface area contributed by atoms with Gasteiger partial charge in [0.25, 0.3) is 0 Å². The number of carboxylic acids is 1. The number of carbonyl (C=O) groups is 1. The van der Waals surface area contributed by atoms with Crippen molar-refractivity contribution in [3.8, 4) is 0 Å². The van der Waals surface area contributed by atoms with Gasteiger partial charge in [-0.05, 0) is 24.1 Å². The molecule has 4 nitrogen and oxygen atoms in total. The molecular weight excluding hydrogens is 254 g/mol. The number of piperazine rings is 1. The molecule has 0 amide bonds. The molecule has 1 aliphatic rings. The number of benzene rings is 1. The van der Waals surface area contributed by atoms with Gasteiger partial charge < -0.3 is 15.3 Å². The molecular formula is C13H16F2N2O2. The summed E-state index contributed by atoms with van der Waals surface area (Å²) in [6, 6.07) is 1.74. The number of hydrogen-bond acceptors (Lipinski definition) is 3. The van der Waals surface area contributed by atoms with Crippen LogP contribution in [0.2, 0.25) is 0 Å². The third kappa shape index (κ3) is 3.48. The van der Waals surface area contributed by atoms with E-state index in [9.17, 15) is 13.6 Å². The van der Waals surface area contributed by atoms with Crippen LogP contribution in [-0.2, 0) is 6.42 Å². The zero-order valence-corrected chi connectivity index (χ0v) is 10.5. The average Bonchev–Trinajstić information content (AvgIpc) is 2.40. The lowest BCUT2D eigenvalue weighted by Gasteiger charge is -2.27. The van der Waals surface area contributed by atoms with Gasteiger partial charge in [0.1, 0.15) is 11.6 Å². The molecule has 0 aromatic heterocycles. The molecule has 0 saturated carbocycles. The van der Waals surface area contributed by atoms with E-state index in [2.05, 4.69) is 10.2 Å². The number of hydrogen-bond donors (Lipinski definition) is 2. The van der Waals surface area contributed by atoms with Crippen LogP contribution in [0.25, 0.3) is 0 Å².